The Morgan fingerprint density at radius 1 is 1.02 bits per heavy atom. The standard InChI is InChI=1S/C35H44N2O6/c1-33-15-11-24(38)19-23(33)7-8-26-27(33)12-16-34(2)28(26)13-17-35(34,42)30(39)21-43-32(41)10-9-31(40)36-18-14-22-20-37-29-6-4-3-5-25(22)29/h3-6,19-20,26-28,37,42H,7-18,21H2,1-2H3,(H,36,40)/t26-,27+,28+,33+,34+,35+/m1/s1. The van der Waals surface area contributed by atoms with E-state index in [9.17, 15) is 24.3 Å². The number of ether oxygens (including phenoxy) is 1. The first-order chi connectivity index (χ1) is 20.5. The summed E-state index contributed by atoms with van der Waals surface area (Å²) in [5, 5.41) is 15.8. The number of hydrogen-bond acceptors (Lipinski definition) is 6. The van der Waals surface area contributed by atoms with Crippen molar-refractivity contribution < 1.29 is 29.0 Å². The highest BCUT2D eigenvalue weighted by molar-refractivity contribution is 5.92. The molecule has 1 aromatic heterocycles. The highest BCUT2D eigenvalue weighted by atomic mass is 16.5. The number of ketones is 2. The molecule has 4 aliphatic carbocycles. The number of Topliss-reactive ketones (excluding diaryl/α,β-unsaturated/α-hetero) is 1. The summed E-state index contributed by atoms with van der Waals surface area (Å²) in [7, 11) is 0. The van der Waals surface area contributed by atoms with E-state index in [2.05, 4.69) is 24.1 Å². The lowest BCUT2D eigenvalue weighted by atomic mass is 9.46. The predicted octanol–water partition coefficient (Wildman–Crippen LogP) is 4.98. The van der Waals surface area contributed by atoms with Crippen molar-refractivity contribution in [3.63, 3.8) is 0 Å². The molecule has 0 aliphatic heterocycles. The number of allylic oxidation sites excluding steroid dienone is 1. The molecule has 0 unspecified atom stereocenters. The zero-order chi connectivity index (χ0) is 30.4. The van der Waals surface area contributed by atoms with Crippen LogP contribution in [0.1, 0.15) is 83.6 Å². The summed E-state index contributed by atoms with van der Waals surface area (Å²) in [4.78, 5) is 53.6. The van der Waals surface area contributed by atoms with Gasteiger partial charge in [0.2, 0.25) is 11.7 Å². The number of aromatic nitrogens is 1. The molecule has 8 nitrogen and oxygen atoms in total. The van der Waals surface area contributed by atoms with Crippen LogP contribution in [0.25, 0.3) is 10.9 Å². The Hall–Kier alpha value is -3.26. The fourth-order valence-electron chi connectivity index (χ4n) is 9.35. The first-order valence-corrected chi connectivity index (χ1v) is 16.0. The lowest BCUT2D eigenvalue weighted by Crippen LogP contribution is -2.58. The van der Waals surface area contributed by atoms with Crippen LogP contribution in [0.15, 0.2) is 42.1 Å². The molecular weight excluding hydrogens is 544 g/mol. The van der Waals surface area contributed by atoms with E-state index in [4.69, 9.17) is 4.74 Å². The van der Waals surface area contributed by atoms with Gasteiger partial charge in [0.25, 0.3) is 0 Å². The highest BCUT2D eigenvalue weighted by Gasteiger charge is 2.66. The number of rotatable bonds is 9. The Morgan fingerprint density at radius 2 is 1.81 bits per heavy atom. The van der Waals surface area contributed by atoms with Gasteiger partial charge >= 0.3 is 5.97 Å². The Labute approximate surface area is 253 Å². The van der Waals surface area contributed by atoms with Gasteiger partial charge in [-0.05, 0) is 92.2 Å². The number of para-hydroxylation sites is 1. The molecule has 3 fully saturated rings. The Bertz CT molecular complexity index is 1480. The van der Waals surface area contributed by atoms with E-state index in [1.165, 1.54) is 5.57 Å². The van der Waals surface area contributed by atoms with Crippen LogP contribution in [0.4, 0.5) is 0 Å². The Morgan fingerprint density at radius 3 is 2.65 bits per heavy atom. The molecular formula is C35H44N2O6. The second-order valence-electron chi connectivity index (χ2n) is 13.9. The third-order valence-electron chi connectivity index (χ3n) is 11.9. The number of aromatic amines is 1. The van der Waals surface area contributed by atoms with Crippen molar-refractivity contribution in [3.05, 3.63) is 47.7 Å². The molecule has 0 spiro atoms. The Balaban J connectivity index is 0.982. The summed E-state index contributed by atoms with van der Waals surface area (Å²) in [5.74, 6) is 0.0438. The molecule has 1 aromatic carbocycles. The Kier molecular flexibility index (Phi) is 7.86. The molecule has 3 saturated carbocycles. The van der Waals surface area contributed by atoms with Gasteiger partial charge in [-0.15, -0.1) is 0 Å². The van der Waals surface area contributed by atoms with E-state index in [-0.39, 0.29) is 35.9 Å². The third-order valence-corrected chi connectivity index (χ3v) is 11.9. The number of benzene rings is 1. The largest absolute Gasteiger partial charge is 0.458 e. The maximum Gasteiger partial charge on any atom is 0.306 e. The summed E-state index contributed by atoms with van der Waals surface area (Å²) >= 11 is 0. The number of carbonyl (C=O) groups is 4. The van der Waals surface area contributed by atoms with Crippen LogP contribution in [-0.4, -0.2) is 52.3 Å². The molecule has 4 aliphatic rings. The zero-order valence-electron chi connectivity index (χ0n) is 25.4. The van der Waals surface area contributed by atoms with Crippen molar-refractivity contribution >= 4 is 34.3 Å². The van der Waals surface area contributed by atoms with E-state index < -0.39 is 29.4 Å². The summed E-state index contributed by atoms with van der Waals surface area (Å²) < 4.78 is 5.30. The van der Waals surface area contributed by atoms with Crippen LogP contribution < -0.4 is 5.32 Å². The van der Waals surface area contributed by atoms with Crippen LogP contribution in [0, 0.1) is 28.6 Å². The normalized spacial score (nSPS) is 33.2. The fourth-order valence-corrected chi connectivity index (χ4v) is 9.35. The average Bonchev–Trinajstić information content (AvgIpc) is 3.53. The van der Waals surface area contributed by atoms with Crippen LogP contribution in [0.2, 0.25) is 0 Å². The molecule has 8 heteroatoms. The van der Waals surface area contributed by atoms with Gasteiger partial charge in [-0.2, -0.15) is 0 Å². The molecule has 6 atom stereocenters. The lowest BCUT2D eigenvalue weighted by molar-refractivity contribution is -0.170. The van der Waals surface area contributed by atoms with Crippen LogP contribution in [0.5, 0.6) is 0 Å². The van der Waals surface area contributed by atoms with Gasteiger partial charge in [0.1, 0.15) is 5.60 Å². The van der Waals surface area contributed by atoms with E-state index in [0.717, 1.165) is 55.0 Å². The number of fused-ring (bicyclic) bond motifs is 6. The number of aliphatic hydroxyl groups is 1. The number of amides is 1. The van der Waals surface area contributed by atoms with E-state index >= 15 is 0 Å². The van der Waals surface area contributed by atoms with Crippen LogP contribution in [-0.2, 0) is 30.3 Å². The van der Waals surface area contributed by atoms with Crippen LogP contribution in [0.3, 0.4) is 0 Å². The minimum Gasteiger partial charge on any atom is -0.458 e. The molecule has 6 rings (SSSR count). The highest BCUT2D eigenvalue weighted by Crippen LogP contribution is 2.67. The van der Waals surface area contributed by atoms with Crippen molar-refractivity contribution in [2.24, 2.45) is 28.6 Å². The number of hydrogen-bond donors (Lipinski definition) is 3. The monoisotopic (exact) mass is 588 g/mol. The molecule has 230 valence electrons. The molecule has 0 bridgehead atoms. The predicted molar refractivity (Wildman–Crippen MR) is 162 cm³/mol. The van der Waals surface area contributed by atoms with Crippen molar-refractivity contribution in [3.8, 4) is 0 Å². The second kappa shape index (κ2) is 11.3. The summed E-state index contributed by atoms with van der Waals surface area (Å²) in [5.41, 5.74) is 1.41. The van der Waals surface area contributed by atoms with Gasteiger partial charge in [0.15, 0.2) is 12.4 Å². The fraction of sp³-hybridized carbons (Fsp3) is 0.600. The maximum atomic E-state index is 13.4. The SMILES string of the molecule is C[C@]12CCC(=O)C=C1CC[C@@H]1[C@@H]2CC[C@@]2(C)[C@H]1CC[C@]2(O)C(=O)COC(=O)CCC(=O)NCCc1c[nH]c2ccccc12. The summed E-state index contributed by atoms with van der Waals surface area (Å²) in [6.45, 7) is 4.36. The first-order valence-electron chi connectivity index (χ1n) is 16.0. The molecule has 1 amide bonds. The second-order valence-corrected chi connectivity index (χ2v) is 13.9. The summed E-state index contributed by atoms with van der Waals surface area (Å²) in [6.07, 6.45) is 10.6. The first kappa shape index (κ1) is 29.8. The number of H-pyrrole nitrogens is 1. The summed E-state index contributed by atoms with van der Waals surface area (Å²) in [6, 6.07) is 8.00. The van der Waals surface area contributed by atoms with Gasteiger partial charge in [0, 0.05) is 41.9 Å². The number of esters is 1. The molecule has 43 heavy (non-hydrogen) atoms. The van der Waals surface area contributed by atoms with Gasteiger partial charge in [-0.1, -0.05) is 37.6 Å². The quantitative estimate of drug-likeness (QED) is 0.355. The molecule has 3 N–H and O–H groups in total. The zero-order valence-corrected chi connectivity index (χ0v) is 25.4. The molecule has 2 aromatic rings. The van der Waals surface area contributed by atoms with E-state index in [1.54, 1.807) is 0 Å². The maximum absolute atomic E-state index is 13.4. The van der Waals surface area contributed by atoms with Crippen molar-refractivity contribution in [1.29, 1.82) is 0 Å². The molecule has 1 heterocycles. The third kappa shape index (κ3) is 5.15. The van der Waals surface area contributed by atoms with Crippen molar-refractivity contribution in [1.82, 2.24) is 10.3 Å². The van der Waals surface area contributed by atoms with E-state index in [0.29, 0.717) is 37.6 Å². The number of nitrogens with one attached hydrogen (secondary N) is 2. The topological polar surface area (TPSA) is 126 Å². The van der Waals surface area contributed by atoms with Crippen molar-refractivity contribution in [2.45, 2.75) is 90.1 Å². The average molecular weight is 589 g/mol. The number of carbonyl (C=O) groups excluding carboxylic acids is 4. The lowest BCUT2D eigenvalue weighted by Gasteiger charge is -2.58. The van der Waals surface area contributed by atoms with E-state index in [1.807, 2.05) is 36.5 Å². The van der Waals surface area contributed by atoms with Gasteiger partial charge < -0.3 is 20.1 Å². The minimum atomic E-state index is -1.53. The van der Waals surface area contributed by atoms with Gasteiger partial charge in [-0.3, -0.25) is 19.2 Å². The van der Waals surface area contributed by atoms with Crippen molar-refractivity contribution in [2.75, 3.05) is 13.2 Å². The molecule has 0 radical (unpaired) electrons. The van der Waals surface area contributed by atoms with Gasteiger partial charge in [-0.25, -0.2) is 0 Å². The molecule has 0 saturated heterocycles. The van der Waals surface area contributed by atoms with Gasteiger partial charge in [0.05, 0.1) is 6.42 Å². The van der Waals surface area contributed by atoms with Crippen LogP contribution >= 0.6 is 0 Å². The smallest absolute Gasteiger partial charge is 0.306 e. The minimum absolute atomic E-state index is 0.0190.